The summed E-state index contributed by atoms with van der Waals surface area (Å²) in [6, 6.07) is 0. The van der Waals surface area contributed by atoms with Gasteiger partial charge in [0.25, 0.3) is 0 Å². The first-order chi connectivity index (χ1) is 4.56. The van der Waals surface area contributed by atoms with Crippen molar-refractivity contribution in [2.75, 3.05) is 0 Å². The van der Waals surface area contributed by atoms with E-state index in [4.69, 9.17) is 17.5 Å². The van der Waals surface area contributed by atoms with E-state index in [0.29, 0.717) is 5.41 Å². The molecule has 0 heterocycles. The number of hydrogen-bond donors (Lipinski definition) is 3. The lowest BCUT2D eigenvalue weighted by atomic mass is 9.94. The van der Waals surface area contributed by atoms with Crippen LogP contribution in [0.3, 0.4) is 0 Å². The summed E-state index contributed by atoms with van der Waals surface area (Å²) in [6.07, 6.45) is 1.27. The van der Waals surface area contributed by atoms with E-state index >= 15 is 0 Å². The van der Waals surface area contributed by atoms with Gasteiger partial charge < -0.3 is 6.15 Å². The minimum Gasteiger partial charge on any atom is -0.344 e. The van der Waals surface area contributed by atoms with Crippen molar-refractivity contribution in [1.29, 1.82) is 0 Å². The third-order valence-electron chi connectivity index (χ3n) is 1.06. The summed E-state index contributed by atoms with van der Waals surface area (Å²) in [5.74, 6) is 0. The van der Waals surface area contributed by atoms with E-state index in [2.05, 4.69) is 27.7 Å². The molecule has 0 saturated carbocycles. The number of rotatable bonds is 0. The average Bonchev–Trinajstić information content (AvgIpc) is 1.59. The van der Waals surface area contributed by atoms with Gasteiger partial charge in [-0.3, -0.25) is 9.11 Å². The average molecular weight is 201 g/mol. The second-order valence-corrected chi connectivity index (χ2v) is 4.26. The van der Waals surface area contributed by atoms with Crippen LogP contribution in [0.5, 0.6) is 0 Å². The van der Waals surface area contributed by atoms with Gasteiger partial charge in [-0.15, -0.1) is 0 Å². The van der Waals surface area contributed by atoms with Gasteiger partial charge >= 0.3 is 10.4 Å². The molecular weight excluding hydrogens is 182 g/mol. The SMILES string of the molecule is CCC(C)(C)C.N.O=S(=O)(O)O. The van der Waals surface area contributed by atoms with Gasteiger partial charge in [0, 0.05) is 0 Å². The van der Waals surface area contributed by atoms with E-state index in [1.165, 1.54) is 6.42 Å². The third kappa shape index (κ3) is 95.7. The minimum atomic E-state index is -4.67. The van der Waals surface area contributed by atoms with E-state index in [9.17, 15) is 0 Å². The summed E-state index contributed by atoms with van der Waals surface area (Å²) >= 11 is 0. The van der Waals surface area contributed by atoms with Crippen LogP contribution in [0.1, 0.15) is 34.1 Å². The fourth-order valence-electron chi connectivity index (χ4n) is 0. The molecule has 12 heavy (non-hydrogen) atoms. The van der Waals surface area contributed by atoms with Crippen molar-refractivity contribution in [1.82, 2.24) is 6.15 Å². The highest BCUT2D eigenvalue weighted by atomic mass is 32.3. The molecule has 0 bridgehead atoms. The van der Waals surface area contributed by atoms with Crippen molar-refractivity contribution in [2.45, 2.75) is 34.1 Å². The van der Waals surface area contributed by atoms with Gasteiger partial charge in [-0.05, 0) is 5.41 Å². The molecule has 0 atom stereocenters. The first kappa shape index (κ1) is 17.8. The van der Waals surface area contributed by atoms with Gasteiger partial charge in [-0.2, -0.15) is 8.42 Å². The lowest BCUT2D eigenvalue weighted by Gasteiger charge is -2.12. The van der Waals surface area contributed by atoms with Gasteiger partial charge in [0.1, 0.15) is 0 Å². The van der Waals surface area contributed by atoms with E-state index < -0.39 is 10.4 Å². The molecule has 0 aromatic heterocycles. The molecule has 0 aliphatic rings. The van der Waals surface area contributed by atoms with Crippen molar-refractivity contribution >= 4 is 10.4 Å². The summed E-state index contributed by atoms with van der Waals surface area (Å²) in [5, 5.41) is 0. The topological polar surface area (TPSA) is 110 Å². The molecule has 5 N–H and O–H groups in total. The summed E-state index contributed by atoms with van der Waals surface area (Å²) in [7, 11) is -4.67. The van der Waals surface area contributed by atoms with Crippen LogP contribution in [0.2, 0.25) is 0 Å². The maximum atomic E-state index is 8.74. The quantitative estimate of drug-likeness (QED) is 0.519. The predicted octanol–water partition coefficient (Wildman–Crippen LogP) is 1.95. The van der Waals surface area contributed by atoms with E-state index in [-0.39, 0.29) is 6.15 Å². The largest absolute Gasteiger partial charge is 0.394 e. The Morgan fingerprint density at radius 2 is 1.25 bits per heavy atom. The fraction of sp³-hybridized carbons (Fsp3) is 1.00. The second-order valence-electron chi connectivity index (χ2n) is 3.36. The molecule has 0 fully saturated rings. The van der Waals surface area contributed by atoms with Gasteiger partial charge in [0.15, 0.2) is 0 Å². The highest BCUT2D eigenvalue weighted by Gasteiger charge is 2.03. The zero-order valence-corrected chi connectivity index (χ0v) is 8.85. The van der Waals surface area contributed by atoms with E-state index in [0.717, 1.165) is 0 Å². The van der Waals surface area contributed by atoms with Gasteiger partial charge in [0.05, 0.1) is 0 Å². The molecule has 5 nitrogen and oxygen atoms in total. The van der Waals surface area contributed by atoms with Gasteiger partial charge in [-0.25, -0.2) is 0 Å². The van der Waals surface area contributed by atoms with Crippen molar-refractivity contribution < 1.29 is 17.5 Å². The molecule has 0 unspecified atom stereocenters. The van der Waals surface area contributed by atoms with Crippen LogP contribution in [0.15, 0.2) is 0 Å². The van der Waals surface area contributed by atoms with E-state index in [1.807, 2.05) is 0 Å². The Bertz CT molecular complexity index is 172. The molecule has 0 amide bonds. The first-order valence-electron chi connectivity index (χ1n) is 3.26. The Labute approximate surface area is 74.3 Å². The van der Waals surface area contributed by atoms with Crippen LogP contribution < -0.4 is 6.15 Å². The molecule has 0 rings (SSSR count). The van der Waals surface area contributed by atoms with Crippen LogP contribution in [-0.4, -0.2) is 17.5 Å². The molecule has 6 heteroatoms. The van der Waals surface area contributed by atoms with Crippen molar-refractivity contribution in [2.24, 2.45) is 5.41 Å². The van der Waals surface area contributed by atoms with Crippen LogP contribution in [0.25, 0.3) is 0 Å². The monoisotopic (exact) mass is 201 g/mol. The molecule has 78 valence electrons. The molecule has 0 aliphatic carbocycles. The zero-order valence-electron chi connectivity index (χ0n) is 8.03. The van der Waals surface area contributed by atoms with Crippen LogP contribution in [0.4, 0.5) is 0 Å². The Morgan fingerprint density at radius 3 is 1.25 bits per heavy atom. The Morgan fingerprint density at radius 1 is 1.17 bits per heavy atom. The first-order valence-corrected chi connectivity index (χ1v) is 4.66. The summed E-state index contributed by atoms with van der Waals surface area (Å²) in [4.78, 5) is 0. The molecule has 0 spiro atoms. The minimum absolute atomic E-state index is 0. The highest BCUT2D eigenvalue weighted by Crippen LogP contribution is 2.16. The third-order valence-corrected chi connectivity index (χ3v) is 1.06. The lowest BCUT2D eigenvalue weighted by molar-refractivity contribution is 0.381. The van der Waals surface area contributed by atoms with Gasteiger partial charge in [0.2, 0.25) is 0 Å². The Kier molecular flexibility index (Phi) is 9.43. The van der Waals surface area contributed by atoms with Crippen molar-refractivity contribution in [3.05, 3.63) is 0 Å². The lowest BCUT2D eigenvalue weighted by Crippen LogP contribution is -2.00. The van der Waals surface area contributed by atoms with Crippen LogP contribution >= 0.6 is 0 Å². The zero-order chi connectivity index (χ0) is 9.71. The van der Waals surface area contributed by atoms with Crippen LogP contribution in [-0.2, 0) is 10.4 Å². The summed E-state index contributed by atoms with van der Waals surface area (Å²) < 4.78 is 31.6. The Balaban J connectivity index is -0.000000126. The maximum Gasteiger partial charge on any atom is 0.394 e. The standard InChI is InChI=1S/C6H14.H3N.H2O4S/c1-5-6(2,3)4;;1-5(2,3)4/h5H2,1-4H3;1H3;(H2,1,2,3,4). The molecule has 0 radical (unpaired) electrons. The number of hydrogen-bond acceptors (Lipinski definition) is 3. The second kappa shape index (κ2) is 6.36. The molecule has 0 aromatic rings. The fourth-order valence-corrected chi connectivity index (χ4v) is 0. The summed E-state index contributed by atoms with van der Waals surface area (Å²) in [5.41, 5.74) is 0.542. The maximum absolute atomic E-state index is 8.74. The summed E-state index contributed by atoms with van der Waals surface area (Å²) in [6.45, 7) is 8.94. The smallest absolute Gasteiger partial charge is 0.344 e. The van der Waals surface area contributed by atoms with Crippen LogP contribution in [0, 0.1) is 5.41 Å². The normalized spacial score (nSPS) is 10.8. The van der Waals surface area contributed by atoms with E-state index in [1.54, 1.807) is 0 Å². The molecular formula is C6H19NO4S. The highest BCUT2D eigenvalue weighted by molar-refractivity contribution is 7.79. The molecule has 0 aliphatic heterocycles. The molecule has 0 aromatic carbocycles. The van der Waals surface area contributed by atoms with Crippen molar-refractivity contribution in [3.8, 4) is 0 Å². The predicted molar refractivity (Wildman–Crippen MR) is 48.9 cm³/mol. The van der Waals surface area contributed by atoms with Gasteiger partial charge in [-0.1, -0.05) is 34.1 Å². The molecule has 0 saturated heterocycles. The van der Waals surface area contributed by atoms with Crippen molar-refractivity contribution in [3.63, 3.8) is 0 Å². The Hall–Kier alpha value is -0.170.